The van der Waals surface area contributed by atoms with Crippen LogP contribution in [0.3, 0.4) is 0 Å². The van der Waals surface area contributed by atoms with Crippen molar-refractivity contribution in [3.8, 4) is 5.75 Å². The summed E-state index contributed by atoms with van der Waals surface area (Å²) >= 11 is 0. The van der Waals surface area contributed by atoms with E-state index in [1.807, 2.05) is 0 Å². The number of ether oxygens (including phenoxy) is 1. The monoisotopic (exact) mass is 681 g/mol. The van der Waals surface area contributed by atoms with Gasteiger partial charge in [-0.25, -0.2) is 17.2 Å². The molecule has 46 heavy (non-hydrogen) atoms. The van der Waals surface area contributed by atoms with Crippen LogP contribution in [-0.2, 0) is 29.8 Å². The van der Waals surface area contributed by atoms with Crippen molar-refractivity contribution in [2.45, 2.75) is 59.8 Å². The third-order valence-electron chi connectivity index (χ3n) is 10.2. The smallest absolute Gasteiger partial charge is 0.435 e. The van der Waals surface area contributed by atoms with E-state index in [4.69, 9.17) is 4.74 Å². The number of hydrogen-bond acceptors (Lipinski definition) is 5. The molecule has 4 aliphatic rings. The summed E-state index contributed by atoms with van der Waals surface area (Å²) < 4.78 is 142. The molecule has 1 amide bonds. The standard InChI is InChI=1S/C30H27F8NO6S/c31-20-2-4-21(5-3-20)46(43,44)27-7-8-39(24(40)16-10-26(11-16)12-17(13-26)25(41)42)14-19(27)15-45-23-9-18(1-6-22(23)27)28(32,29(33,34)35)30(36,37)38/h1-6,9,16-17,19H,7-8,10-15H2,(H,41,42). The van der Waals surface area contributed by atoms with Gasteiger partial charge in [-0.15, -0.1) is 0 Å². The van der Waals surface area contributed by atoms with Gasteiger partial charge in [0.15, 0.2) is 9.84 Å². The number of carboxylic acid groups (broad SMARTS) is 1. The Labute approximate surface area is 257 Å². The van der Waals surface area contributed by atoms with E-state index in [9.17, 15) is 58.2 Å². The summed E-state index contributed by atoms with van der Waals surface area (Å²) in [6.07, 6.45) is -11.3. The summed E-state index contributed by atoms with van der Waals surface area (Å²) in [7, 11) is -4.59. The van der Waals surface area contributed by atoms with Crippen LogP contribution in [0.2, 0.25) is 0 Å². The van der Waals surface area contributed by atoms with Crippen LogP contribution in [0.4, 0.5) is 35.1 Å². The molecule has 2 aliphatic carbocycles. The number of carbonyl (C=O) groups excluding carboxylic acids is 1. The number of amides is 1. The normalized spacial score (nSPS) is 29.6. The lowest BCUT2D eigenvalue weighted by Gasteiger charge is -2.57. The fourth-order valence-electron chi connectivity index (χ4n) is 7.87. The first-order valence-electron chi connectivity index (χ1n) is 14.4. The zero-order valence-corrected chi connectivity index (χ0v) is 24.6. The molecule has 1 spiro atoms. The molecule has 2 heterocycles. The molecule has 250 valence electrons. The number of hydrogen-bond donors (Lipinski definition) is 1. The Hall–Kier alpha value is -3.43. The lowest BCUT2D eigenvalue weighted by atomic mass is 9.48. The van der Waals surface area contributed by atoms with Crippen molar-refractivity contribution >= 4 is 21.7 Å². The van der Waals surface area contributed by atoms with Gasteiger partial charge in [0.1, 0.15) is 16.3 Å². The molecular weight excluding hydrogens is 654 g/mol. The average molecular weight is 682 g/mol. The summed E-state index contributed by atoms with van der Waals surface area (Å²) in [6, 6.07) is 4.86. The van der Waals surface area contributed by atoms with Gasteiger partial charge >= 0.3 is 24.0 Å². The zero-order chi connectivity index (χ0) is 33.7. The summed E-state index contributed by atoms with van der Waals surface area (Å²) in [5.41, 5.74) is -8.14. The van der Waals surface area contributed by atoms with E-state index in [0.717, 1.165) is 24.3 Å². The molecule has 0 aromatic heterocycles. The second kappa shape index (κ2) is 10.3. The van der Waals surface area contributed by atoms with E-state index in [0.29, 0.717) is 31.7 Å². The summed E-state index contributed by atoms with van der Waals surface area (Å²) in [5, 5.41) is 9.18. The number of aliphatic carboxylic acids is 1. The minimum atomic E-state index is -6.41. The van der Waals surface area contributed by atoms with Crippen LogP contribution in [0.25, 0.3) is 0 Å². The van der Waals surface area contributed by atoms with Crippen LogP contribution < -0.4 is 4.74 Å². The number of halogens is 8. The van der Waals surface area contributed by atoms with Crippen LogP contribution in [0.5, 0.6) is 5.75 Å². The summed E-state index contributed by atoms with van der Waals surface area (Å²) in [5.74, 6) is -4.56. The highest BCUT2D eigenvalue weighted by Gasteiger charge is 2.74. The topological polar surface area (TPSA) is 101 Å². The Bertz CT molecular complexity index is 1660. The number of carbonyl (C=O) groups is 2. The Morgan fingerprint density at radius 2 is 1.48 bits per heavy atom. The van der Waals surface area contributed by atoms with E-state index < -0.39 is 80.1 Å². The minimum Gasteiger partial charge on any atom is -0.493 e. The Kier molecular flexibility index (Phi) is 7.27. The maximum Gasteiger partial charge on any atom is 0.435 e. The summed E-state index contributed by atoms with van der Waals surface area (Å²) in [6.45, 7) is -0.900. The van der Waals surface area contributed by atoms with Crippen molar-refractivity contribution in [3.05, 3.63) is 59.4 Å². The van der Waals surface area contributed by atoms with Crippen LogP contribution in [0.15, 0.2) is 47.4 Å². The highest BCUT2D eigenvalue weighted by atomic mass is 32.2. The minimum absolute atomic E-state index is 0.156. The molecule has 16 heteroatoms. The van der Waals surface area contributed by atoms with Gasteiger partial charge in [-0.2, -0.15) is 26.3 Å². The molecule has 1 saturated heterocycles. The van der Waals surface area contributed by atoms with Gasteiger partial charge in [-0.1, -0.05) is 12.1 Å². The first-order chi connectivity index (χ1) is 21.3. The first kappa shape index (κ1) is 32.5. The number of fused-ring (bicyclic) bond motifs is 3. The van der Waals surface area contributed by atoms with Gasteiger partial charge in [-0.3, -0.25) is 9.59 Å². The number of rotatable bonds is 5. The predicted molar refractivity (Wildman–Crippen MR) is 142 cm³/mol. The molecule has 0 radical (unpaired) electrons. The number of carboxylic acids is 1. The van der Waals surface area contributed by atoms with E-state index in [1.54, 1.807) is 0 Å². The molecule has 2 saturated carbocycles. The SMILES string of the molecule is O=C(O)C1CC2(C1)CC(C(=O)N1CCC3(S(=O)(=O)c4ccc(F)cc4)c4ccc(C(F)(C(F)(F)F)C(F)(F)F)cc4OCC3C1)C2. The van der Waals surface area contributed by atoms with Crippen LogP contribution in [0.1, 0.15) is 43.2 Å². The van der Waals surface area contributed by atoms with Crippen molar-refractivity contribution in [1.82, 2.24) is 4.90 Å². The third kappa shape index (κ3) is 4.60. The molecule has 6 rings (SSSR count). The van der Waals surface area contributed by atoms with Crippen molar-refractivity contribution in [1.29, 1.82) is 0 Å². The number of benzene rings is 2. The number of sulfone groups is 1. The molecule has 7 nitrogen and oxygen atoms in total. The Morgan fingerprint density at radius 1 is 0.891 bits per heavy atom. The molecule has 1 N–H and O–H groups in total. The lowest BCUT2D eigenvalue weighted by molar-refractivity contribution is -0.348. The first-order valence-corrected chi connectivity index (χ1v) is 15.9. The largest absolute Gasteiger partial charge is 0.493 e. The van der Waals surface area contributed by atoms with Crippen LogP contribution >= 0.6 is 0 Å². The lowest BCUT2D eigenvalue weighted by Crippen LogP contribution is -2.61. The van der Waals surface area contributed by atoms with Gasteiger partial charge in [0, 0.05) is 36.1 Å². The van der Waals surface area contributed by atoms with E-state index in [2.05, 4.69) is 0 Å². The molecule has 0 bridgehead atoms. The Balaban J connectivity index is 1.36. The van der Waals surface area contributed by atoms with Gasteiger partial charge < -0.3 is 14.7 Å². The third-order valence-corrected chi connectivity index (χ3v) is 12.9. The Morgan fingerprint density at radius 3 is 2.04 bits per heavy atom. The van der Waals surface area contributed by atoms with Gasteiger partial charge in [-0.05, 0) is 67.9 Å². The van der Waals surface area contributed by atoms with E-state index >= 15 is 0 Å². The van der Waals surface area contributed by atoms with Crippen molar-refractivity contribution in [2.24, 2.45) is 23.2 Å². The predicted octanol–water partition coefficient (Wildman–Crippen LogP) is 5.92. The molecule has 2 unspecified atom stereocenters. The quantitative estimate of drug-likeness (QED) is 0.311. The second-order valence-corrected chi connectivity index (χ2v) is 15.0. The second-order valence-electron chi connectivity index (χ2n) is 12.8. The maximum absolute atomic E-state index is 14.9. The number of nitrogens with zero attached hydrogens (tertiary/aromatic N) is 1. The maximum atomic E-state index is 14.9. The van der Waals surface area contributed by atoms with Gasteiger partial charge in [0.05, 0.1) is 17.4 Å². The van der Waals surface area contributed by atoms with E-state index in [-0.39, 0.29) is 53.4 Å². The van der Waals surface area contributed by atoms with Gasteiger partial charge in [0.25, 0.3) is 0 Å². The van der Waals surface area contributed by atoms with Gasteiger partial charge in [0.2, 0.25) is 5.91 Å². The van der Waals surface area contributed by atoms with Crippen LogP contribution in [0, 0.1) is 29.0 Å². The highest BCUT2D eigenvalue weighted by Crippen LogP contribution is 2.62. The fourth-order valence-corrected chi connectivity index (χ4v) is 10.2. The number of piperidine rings is 1. The van der Waals surface area contributed by atoms with Crippen molar-refractivity contribution in [2.75, 3.05) is 19.7 Å². The van der Waals surface area contributed by atoms with Crippen molar-refractivity contribution in [3.63, 3.8) is 0 Å². The van der Waals surface area contributed by atoms with E-state index in [1.165, 1.54) is 4.90 Å². The average Bonchev–Trinajstić information content (AvgIpc) is 2.93. The molecule has 2 aliphatic heterocycles. The molecular formula is C30H27F8NO6S. The zero-order valence-electron chi connectivity index (χ0n) is 23.8. The molecule has 2 atom stereocenters. The fraction of sp³-hybridized carbons (Fsp3) is 0.533. The summed E-state index contributed by atoms with van der Waals surface area (Å²) in [4.78, 5) is 25.7. The molecule has 2 aromatic carbocycles. The molecule has 3 fully saturated rings. The molecule has 2 aromatic rings. The number of likely N-dealkylation sites (tertiary alicyclic amines) is 1. The highest BCUT2D eigenvalue weighted by molar-refractivity contribution is 7.92. The van der Waals surface area contributed by atoms with Crippen LogP contribution in [-0.4, -0.2) is 62.3 Å². The number of alkyl halides is 7. The van der Waals surface area contributed by atoms with Crippen molar-refractivity contribution < 1.29 is 63.0 Å².